The number of nitrogens with zero attached hydrogens (tertiary/aromatic N) is 1. The Morgan fingerprint density at radius 2 is 2.07 bits per heavy atom. The van der Waals surface area contributed by atoms with Crippen LogP contribution >= 0.6 is 0 Å². The molecule has 0 spiro atoms. The number of nitrogens with one attached hydrogen (secondary N) is 2. The molecule has 1 saturated heterocycles. The summed E-state index contributed by atoms with van der Waals surface area (Å²) in [5.74, 6) is 1.17. The monoisotopic (exact) mass is 377 g/mol. The van der Waals surface area contributed by atoms with Crippen LogP contribution in [0.1, 0.15) is 37.0 Å². The minimum Gasteiger partial charge on any atom is -0.493 e. The van der Waals surface area contributed by atoms with Gasteiger partial charge in [0.05, 0.1) is 7.11 Å². The molecular formula is C20H31N3O4. The van der Waals surface area contributed by atoms with Crippen molar-refractivity contribution in [2.75, 3.05) is 40.4 Å². The van der Waals surface area contributed by atoms with Crippen molar-refractivity contribution < 1.29 is 19.1 Å². The lowest BCUT2D eigenvalue weighted by Gasteiger charge is -2.32. The molecule has 0 aromatic heterocycles. The summed E-state index contributed by atoms with van der Waals surface area (Å²) < 4.78 is 10.9. The number of hydrogen-bond donors (Lipinski definition) is 2. The second kappa shape index (κ2) is 10.2. The first-order valence-corrected chi connectivity index (χ1v) is 9.48. The van der Waals surface area contributed by atoms with E-state index in [9.17, 15) is 9.59 Å². The van der Waals surface area contributed by atoms with Crippen LogP contribution in [0.25, 0.3) is 0 Å². The number of piperidine rings is 1. The van der Waals surface area contributed by atoms with Crippen LogP contribution in [0.5, 0.6) is 11.5 Å². The Kier molecular flexibility index (Phi) is 7.91. The molecule has 7 nitrogen and oxygen atoms in total. The van der Waals surface area contributed by atoms with Gasteiger partial charge in [0, 0.05) is 24.7 Å². The van der Waals surface area contributed by atoms with Crippen LogP contribution < -0.4 is 20.1 Å². The maximum Gasteiger partial charge on any atom is 0.258 e. The molecule has 2 amide bonds. The Morgan fingerprint density at radius 3 is 2.74 bits per heavy atom. The number of methoxy groups -OCH3 is 1. The third-order valence-corrected chi connectivity index (χ3v) is 4.52. The van der Waals surface area contributed by atoms with E-state index in [0.717, 1.165) is 32.5 Å². The number of hydrogen-bond acceptors (Lipinski definition) is 5. The van der Waals surface area contributed by atoms with Crippen LogP contribution in [-0.4, -0.2) is 63.2 Å². The predicted octanol–water partition coefficient (Wildman–Crippen LogP) is 1.67. The van der Waals surface area contributed by atoms with Crippen molar-refractivity contribution in [2.45, 2.75) is 32.7 Å². The maximum absolute atomic E-state index is 12.9. The molecule has 1 unspecified atom stereocenters. The maximum atomic E-state index is 12.9. The summed E-state index contributed by atoms with van der Waals surface area (Å²) >= 11 is 0. The van der Waals surface area contributed by atoms with E-state index in [2.05, 4.69) is 10.6 Å². The van der Waals surface area contributed by atoms with Gasteiger partial charge in [-0.2, -0.15) is 0 Å². The summed E-state index contributed by atoms with van der Waals surface area (Å²) in [5.41, 5.74) is 0.566. The molecule has 1 aliphatic heterocycles. The quantitative estimate of drug-likeness (QED) is 0.720. The van der Waals surface area contributed by atoms with Crippen molar-refractivity contribution in [3.8, 4) is 11.5 Å². The molecule has 1 aromatic carbocycles. The Balaban J connectivity index is 2.03. The summed E-state index contributed by atoms with van der Waals surface area (Å²) in [4.78, 5) is 26.5. The lowest BCUT2D eigenvalue weighted by molar-refractivity contribution is -0.123. The van der Waals surface area contributed by atoms with Gasteiger partial charge in [0.25, 0.3) is 11.8 Å². The molecule has 0 radical (unpaired) electrons. The van der Waals surface area contributed by atoms with E-state index in [1.807, 2.05) is 25.8 Å². The van der Waals surface area contributed by atoms with Gasteiger partial charge in [0.2, 0.25) is 0 Å². The van der Waals surface area contributed by atoms with Crippen LogP contribution in [0, 0.1) is 5.92 Å². The molecule has 2 rings (SSSR count). The largest absolute Gasteiger partial charge is 0.493 e. The predicted molar refractivity (Wildman–Crippen MR) is 104 cm³/mol. The minimum absolute atomic E-state index is 0.00166. The van der Waals surface area contributed by atoms with Gasteiger partial charge in [-0.1, -0.05) is 0 Å². The first-order valence-electron chi connectivity index (χ1n) is 9.48. The van der Waals surface area contributed by atoms with Crippen molar-refractivity contribution >= 4 is 11.8 Å². The molecule has 1 heterocycles. The molecular weight excluding hydrogens is 346 g/mol. The van der Waals surface area contributed by atoms with Gasteiger partial charge in [-0.05, 0) is 64.4 Å². The van der Waals surface area contributed by atoms with Gasteiger partial charge in [-0.3, -0.25) is 9.59 Å². The number of carbonyl (C=O) groups is 2. The summed E-state index contributed by atoms with van der Waals surface area (Å²) in [6.45, 7) is 6.13. The van der Waals surface area contributed by atoms with Crippen LogP contribution in [0.2, 0.25) is 0 Å². The summed E-state index contributed by atoms with van der Waals surface area (Å²) in [5, 5.41) is 5.96. The lowest BCUT2D eigenvalue weighted by atomic mass is 9.97. The molecule has 27 heavy (non-hydrogen) atoms. The Hall–Kier alpha value is -2.28. The fourth-order valence-electron chi connectivity index (χ4n) is 3.31. The van der Waals surface area contributed by atoms with E-state index in [1.165, 1.54) is 7.11 Å². The van der Waals surface area contributed by atoms with Gasteiger partial charge >= 0.3 is 0 Å². The molecule has 0 aliphatic carbocycles. The first kappa shape index (κ1) is 21.0. The zero-order valence-electron chi connectivity index (χ0n) is 16.7. The molecule has 0 saturated carbocycles. The zero-order chi connectivity index (χ0) is 19.8. The number of carbonyl (C=O) groups excluding carboxylic acids is 2. The first-order chi connectivity index (χ1) is 12.9. The van der Waals surface area contributed by atoms with E-state index in [1.54, 1.807) is 18.2 Å². The SMILES string of the molecule is CNCC1CCCN(C(=O)c2ccc(OCC(=O)NC(C)C)c(OC)c2)C1. The van der Waals surface area contributed by atoms with Crippen LogP contribution in [0.3, 0.4) is 0 Å². The Labute approximate surface area is 161 Å². The second-order valence-corrected chi connectivity index (χ2v) is 7.19. The van der Waals surface area contributed by atoms with Crippen LogP contribution in [0.15, 0.2) is 18.2 Å². The molecule has 1 aromatic rings. The summed E-state index contributed by atoms with van der Waals surface area (Å²) in [6.07, 6.45) is 2.15. The van der Waals surface area contributed by atoms with E-state index < -0.39 is 0 Å². The van der Waals surface area contributed by atoms with Crippen molar-refractivity contribution in [3.05, 3.63) is 23.8 Å². The van der Waals surface area contributed by atoms with E-state index in [4.69, 9.17) is 9.47 Å². The van der Waals surface area contributed by atoms with Crippen molar-refractivity contribution in [2.24, 2.45) is 5.92 Å². The number of rotatable bonds is 8. The highest BCUT2D eigenvalue weighted by molar-refractivity contribution is 5.95. The highest BCUT2D eigenvalue weighted by Gasteiger charge is 2.25. The van der Waals surface area contributed by atoms with Gasteiger partial charge in [-0.25, -0.2) is 0 Å². The summed E-state index contributed by atoms with van der Waals surface area (Å²) in [6, 6.07) is 5.14. The van der Waals surface area contributed by atoms with Gasteiger partial charge in [0.1, 0.15) is 0 Å². The van der Waals surface area contributed by atoms with Crippen molar-refractivity contribution in [1.29, 1.82) is 0 Å². The Morgan fingerprint density at radius 1 is 1.30 bits per heavy atom. The molecule has 2 N–H and O–H groups in total. The lowest BCUT2D eigenvalue weighted by Crippen LogP contribution is -2.42. The number of ether oxygens (including phenoxy) is 2. The van der Waals surface area contributed by atoms with Crippen molar-refractivity contribution in [1.82, 2.24) is 15.5 Å². The van der Waals surface area contributed by atoms with Crippen molar-refractivity contribution in [3.63, 3.8) is 0 Å². The van der Waals surface area contributed by atoms with Crippen LogP contribution in [-0.2, 0) is 4.79 Å². The molecule has 7 heteroatoms. The minimum atomic E-state index is -0.198. The Bertz CT molecular complexity index is 646. The number of likely N-dealkylation sites (tertiary alicyclic amines) is 1. The van der Waals surface area contributed by atoms with Gasteiger partial charge in [-0.15, -0.1) is 0 Å². The highest BCUT2D eigenvalue weighted by atomic mass is 16.5. The highest BCUT2D eigenvalue weighted by Crippen LogP contribution is 2.29. The number of benzene rings is 1. The average molecular weight is 377 g/mol. The smallest absolute Gasteiger partial charge is 0.258 e. The van der Waals surface area contributed by atoms with Gasteiger partial charge in [0.15, 0.2) is 18.1 Å². The third kappa shape index (κ3) is 6.13. The normalized spacial score (nSPS) is 16.9. The van der Waals surface area contributed by atoms with Crippen LogP contribution in [0.4, 0.5) is 0 Å². The summed E-state index contributed by atoms with van der Waals surface area (Å²) in [7, 11) is 3.46. The molecule has 150 valence electrons. The fourth-order valence-corrected chi connectivity index (χ4v) is 3.31. The third-order valence-electron chi connectivity index (χ3n) is 4.52. The van der Waals surface area contributed by atoms with E-state index in [-0.39, 0.29) is 24.5 Å². The molecule has 1 aliphatic rings. The van der Waals surface area contributed by atoms with E-state index in [0.29, 0.717) is 23.0 Å². The standard InChI is InChI=1S/C20H31N3O4/c1-14(2)22-19(24)13-27-17-8-7-16(10-18(17)26-4)20(25)23-9-5-6-15(12-23)11-21-3/h7-8,10,14-15,21H,5-6,9,11-13H2,1-4H3,(H,22,24). The molecule has 0 bridgehead atoms. The van der Waals surface area contributed by atoms with Gasteiger partial charge < -0.3 is 25.0 Å². The molecule has 1 atom stereocenters. The molecule has 1 fully saturated rings. The second-order valence-electron chi connectivity index (χ2n) is 7.19. The fraction of sp³-hybridized carbons (Fsp3) is 0.600. The zero-order valence-corrected chi connectivity index (χ0v) is 16.7. The topological polar surface area (TPSA) is 79.9 Å². The average Bonchev–Trinajstić information content (AvgIpc) is 2.65. The van der Waals surface area contributed by atoms with E-state index >= 15 is 0 Å². The number of amides is 2.